The first kappa shape index (κ1) is 20.8. The van der Waals surface area contributed by atoms with Crippen molar-refractivity contribution in [2.75, 3.05) is 11.9 Å². The minimum absolute atomic E-state index is 0.0163. The first-order valence-corrected chi connectivity index (χ1v) is 11.2. The van der Waals surface area contributed by atoms with Gasteiger partial charge in [0.15, 0.2) is 10.6 Å². The second-order valence-electron chi connectivity index (χ2n) is 7.57. The molecule has 0 atom stereocenters. The summed E-state index contributed by atoms with van der Waals surface area (Å²) >= 11 is 1.36. The number of hydrogen-bond donors (Lipinski definition) is 1. The molecule has 33 heavy (non-hydrogen) atoms. The number of carbonyl (C=O) groups is 2. The van der Waals surface area contributed by atoms with Gasteiger partial charge in [0.25, 0.3) is 5.91 Å². The van der Waals surface area contributed by atoms with Crippen molar-refractivity contribution in [3.05, 3.63) is 98.9 Å². The molecule has 4 aromatic rings. The summed E-state index contributed by atoms with van der Waals surface area (Å²) in [4.78, 5) is 44.9. The van der Waals surface area contributed by atoms with Gasteiger partial charge in [-0.15, -0.1) is 0 Å². The molecule has 0 fully saturated rings. The van der Waals surface area contributed by atoms with Crippen LogP contribution in [0.15, 0.2) is 76.1 Å². The van der Waals surface area contributed by atoms with Crippen molar-refractivity contribution in [3.8, 4) is 0 Å². The lowest BCUT2D eigenvalue weighted by Crippen LogP contribution is -2.35. The van der Waals surface area contributed by atoms with Crippen LogP contribution in [0.3, 0.4) is 0 Å². The van der Waals surface area contributed by atoms with Crippen LogP contribution in [0.1, 0.15) is 26.5 Å². The lowest BCUT2D eigenvalue weighted by Gasteiger charge is -2.26. The van der Waals surface area contributed by atoms with E-state index in [1.54, 1.807) is 41.3 Å². The molecular formula is C25H19N3O4S. The quantitative estimate of drug-likeness (QED) is 0.466. The van der Waals surface area contributed by atoms with Crippen LogP contribution in [0, 0.1) is 0 Å². The molecule has 0 radical (unpaired) electrons. The van der Waals surface area contributed by atoms with E-state index >= 15 is 0 Å². The molecule has 7 nitrogen and oxygen atoms in total. The van der Waals surface area contributed by atoms with E-state index in [1.165, 1.54) is 29.8 Å². The number of carbonyl (C=O) groups excluding carboxylic acids is 2. The molecule has 0 spiro atoms. The number of anilines is 1. The maximum absolute atomic E-state index is 12.7. The summed E-state index contributed by atoms with van der Waals surface area (Å²) in [6.07, 6.45) is 4.69. The van der Waals surface area contributed by atoms with Crippen molar-refractivity contribution < 1.29 is 14.0 Å². The van der Waals surface area contributed by atoms with Gasteiger partial charge in [0.2, 0.25) is 5.91 Å². The van der Waals surface area contributed by atoms with Crippen LogP contribution in [-0.2, 0) is 17.8 Å². The molecule has 164 valence electrons. The molecule has 1 aliphatic rings. The third kappa shape index (κ3) is 4.33. The van der Waals surface area contributed by atoms with Gasteiger partial charge in [-0.2, -0.15) is 0 Å². The lowest BCUT2D eigenvalue weighted by atomic mass is 10.1. The number of hydrogen-bond acceptors (Lipinski definition) is 6. The van der Waals surface area contributed by atoms with Gasteiger partial charge in [0.05, 0.1) is 23.2 Å². The van der Waals surface area contributed by atoms with E-state index < -0.39 is 5.91 Å². The zero-order valence-electron chi connectivity index (χ0n) is 17.5. The smallest absolute Gasteiger partial charge is 0.254 e. The molecule has 1 N–H and O–H groups in total. The Morgan fingerprint density at radius 1 is 1.09 bits per heavy atom. The average molecular weight is 458 g/mol. The Morgan fingerprint density at radius 2 is 1.88 bits per heavy atom. The fourth-order valence-electron chi connectivity index (χ4n) is 3.71. The van der Waals surface area contributed by atoms with Gasteiger partial charge in [-0.05, 0) is 30.3 Å². The SMILES string of the molecule is O=C(/C=C/c1coc2ccccc2c1=O)Nc1nc2c(s1)CN(C(=O)c1ccccc1)CC2. The molecule has 0 saturated heterocycles. The summed E-state index contributed by atoms with van der Waals surface area (Å²) in [7, 11) is 0. The summed E-state index contributed by atoms with van der Waals surface area (Å²) in [5, 5.41) is 3.67. The van der Waals surface area contributed by atoms with Crippen LogP contribution < -0.4 is 10.7 Å². The van der Waals surface area contributed by atoms with Gasteiger partial charge in [0.1, 0.15) is 11.8 Å². The van der Waals surface area contributed by atoms with E-state index in [-0.39, 0.29) is 16.9 Å². The third-order valence-electron chi connectivity index (χ3n) is 5.39. The largest absolute Gasteiger partial charge is 0.463 e. The number of thiazole rings is 1. The van der Waals surface area contributed by atoms with Gasteiger partial charge in [-0.1, -0.05) is 41.7 Å². The van der Waals surface area contributed by atoms with Gasteiger partial charge in [0, 0.05) is 29.5 Å². The Morgan fingerprint density at radius 3 is 2.73 bits per heavy atom. The minimum atomic E-state index is -0.397. The van der Waals surface area contributed by atoms with Crippen LogP contribution in [0.2, 0.25) is 0 Å². The van der Waals surface area contributed by atoms with E-state index in [0.29, 0.717) is 41.2 Å². The summed E-state index contributed by atoms with van der Waals surface area (Å²) in [6.45, 7) is 1.04. The Bertz CT molecular complexity index is 1440. The van der Waals surface area contributed by atoms with E-state index in [4.69, 9.17) is 4.42 Å². The molecule has 0 unspecified atom stereocenters. The second-order valence-corrected chi connectivity index (χ2v) is 8.65. The molecular weight excluding hydrogens is 438 g/mol. The van der Waals surface area contributed by atoms with Crippen molar-refractivity contribution in [3.63, 3.8) is 0 Å². The van der Waals surface area contributed by atoms with E-state index in [2.05, 4.69) is 10.3 Å². The van der Waals surface area contributed by atoms with Crippen LogP contribution >= 0.6 is 11.3 Å². The van der Waals surface area contributed by atoms with Crippen molar-refractivity contribution in [2.24, 2.45) is 0 Å². The first-order valence-electron chi connectivity index (χ1n) is 10.4. The number of nitrogens with zero attached hydrogens (tertiary/aromatic N) is 2. The molecule has 3 heterocycles. The summed E-state index contributed by atoms with van der Waals surface area (Å²) in [6, 6.07) is 16.1. The lowest BCUT2D eigenvalue weighted by molar-refractivity contribution is -0.111. The highest BCUT2D eigenvalue weighted by atomic mass is 32.1. The Hall–Kier alpha value is -4.04. The molecule has 0 saturated carbocycles. The Balaban J connectivity index is 1.26. The maximum Gasteiger partial charge on any atom is 0.254 e. The number of rotatable bonds is 4. The highest BCUT2D eigenvalue weighted by Gasteiger charge is 2.25. The molecule has 0 aliphatic carbocycles. The summed E-state index contributed by atoms with van der Waals surface area (Å²) < 4.78 is 5.47. The number of benzene rings is 2. The zero-order valence-corrected chi connectivity index (χ0v) is 18.3. The number of amides is 2. The van der Waals surface area contributed by atoms with Crippen LogP contribution in [-0.4, -0.2) is 28.2 Å². The predicted molar refractivity (Wildman–Crippen MR) is 127 cm³/mol. The van der Waals surface area contributed by atoms with Gasteiger partial charge >= 0.3 is 0 Å². The van der Waals surface area contributed by atoms with Crippen molar-refractivity contribution in [1.29, 1.82) is 0 Å². The topological polar surface area (TPSA) is 92.5 Å². The summed E-state index contributed by atoms with van der Waals surface area (Å²) in [5.74, 6) is -0.414. The zero-order chi connectivity index (χ0) is 22.8. The van der Waals surface area contributed by atoms with E-state index in [0.717, 1.165) is 10.6 Å². The number of para-hydroxylation sites is 1. The summed E-state index contributed by atoms with van der Waals surface area (Å²) in [5.41, 5.74) is 2.14. The van der Waals surface area contributed by atoms with Crippen molar-refractivity contribution >= 4 is 45.3 Å². The molecule has 1 aliphatic heterocycles. The van der Waals surface area contributed by atoms with Gasteiger partial charge in [-0.25, -0.2) is 4.98 Å². The predicted octanol–water partition coefficient (Wildman–Crippen LogP) is 4.10. The second kappa shape index (κ2) is 8.84. The number of aromatic nitrogens is 1. The fraction of sp³-hybridized carbons (Fsp3) is 0.120. The average Bonchev–Trinajstić information content (AvgIpc) is 3.25. The van der Waals surface area contributed by atoms with Gasteiger partial charge in [-0.3, -0.25) is 19.7 Å². The van der Waals surface area contributed by atoms with Crippen LogP contribution in [0.25, 0.3) is 17.0 Å². The Labute approximate surface area is 193 Å². The normalized spacial score (nSPS) is 13.3. The first-order chi connectivity index (χ1) is 16.1. The molecule has 2 aromatic carbocycles. The molecule has 8 heteroatoms. The molecule has 2 aromatic heterocycles. The van der Waals surface area contributed by atoms with Crippen molar-refractivity contribution in [2.45, 2.75) is 13.0 Å². The molecule has 0 bridgehead atoms. The van der Waals surface area contributed by atoms with E-state index in [1.807, 2.05) is 18.2 Å². The number of nitrogens with one attached hydrogen (secondary N) is 1. The third-order valence-corrected chi connectivity index (χ3v) is 6.39. The van der Waals surface area contributed by atoms with E-state index in [9.17, 15) is 14.4 Å². The van der Waals surface area contributed by atoms with Crippen LogP contribution in [0.4, 0.5) is 5.13 Å². The maximum atomic E-state index is 12.7. The molecule has 2 amide bonds. The number of fused-ring (bicyclic) bond motifs is 2. The highest BCUT2D eigenvalue weighted by molar-refractivity contribution is 7.15. The minimum Gasteiger partial charge on any atom is -0.463 e. The molecule has 5 rings (SSSR count). The van der Waals surface area contributed by atoms with Crippen LogP contribution in [0.5, 0.6) is 0 Å². The fourth-order valence-corrected chi connectivity index (χ4v) is 4.73. The Kier molecular flexibility index (Phi) is 5.58. The van der Waals surface area contributed by atoms with Crippen molar-refractivity contribution in [1.82, 2.24) is 9.88 Å². The standard InChI is InChI=1S/C25H19N3O4S/c29-22(11-10-17-15-32-20-9-5-4-8-18(20)23(17)30)27-25-26-19-12-13-28(14-21(19)33-25)24(31)16-6-2-1-3-7-16/h1-11,15H,12-14H2,(H,26,27,29)/b11-10+. The highest BCUT2D eigenvalue weighted by Crippen LogP contribution is 2.29. The monoisotopic (exact) mass is 457 g/mol. The van der Waals surface area contributed by atoms with Gasteiger partial charge < -0.3 is 9.32 Å².